The van der Waals surface area contributed by atoms with Gasteiger partial charge in [-0.1, -0.05) is 36.4 Å². The van der Waals surface area contributed by atoms with Crippen LogP contribution in [0.1, 0.15) is 33.7 Å². The van der Waals surface area contributed by atoms with E-state index in [1.165, 1.54) is 39.9 Å². The first-order valence-electron chi connectivity index (χ1n) is 9.67. The van der Waals surface area contributed by atoms with E-state index in [0.29, 0.717) is 18.1 Å². The first kappa shape index (κ1) is 21.2. The number of hydrogen-bond acceptors (Lipinski definition) is 6. The van der Waals surface area contributed by atoms with Crippen LogP contribution in [0.3, 0.4) is 0 Å². The first-order chi connectivity index (χ1) is 14.9. The van der Waals surface area contributed by atoms with Crippen LogP contribution in [0.4, 0.5) is 0 Å². The fourth-order valence-electron chi connectivity index (χ4n) is 3.22. The molecule has 31 heavy (non-hydrogen) atoms. The van der Waals surface area contributed by atoms with Gasteiger partial charge in [-0.15, -0.1) is 11.3 Å². The molecule has 0 spiro atoms. The third-order valence-corrected chi connectivity index (χ3v) is 7.63. The summed E-state index contributed by atoms with van der Waals surface area (Å²) >= 11 is 1.32. The van der Waals surface area contributed by atoms with Crippen molar-refractivity contribution in [2.45, 2.75) is 17.7 Å². The van der Waals surface area contributed by atoms with Crippen LogP contribution in [-0.4, -0.2) is 42.6 Å². The Morgan fingerprint density at radius 1 is 0.935 bits per heavy atom. The maximum absolute atomic E-state index is 12.7. The predicted octanol–water partition coefficient (Wildman–Crippen LogP) is 2.67. The summed E-state index contributed by atoms with van der Waals surface area (Å²) in [4.78, 5) is 29.1. The van der Waals surface area contributed by atoms with E-state index >= 15 is 0 Å². The van der Waals surface area contributed by atoms with Crippen molar-refractivity contribution in [2.24, 2.45) is 0 Å². The van der Waals surface area contributed by atoms with E-state index in [9.17, 15) is 18.0 Å². The number of rotatable bonds is 5. The molecule has 1 aliphatic rings. The van der Waals surface area contributed by atoms with Gasteiger partial charge in [0, 0.05) is 29.6 Å². The number of hydrogen-bond donors (Lipinski definition) is 2. The van der Waals surface area contributed by atoms with Gasteiger partial charge >= 0.3 is 0 Å². The Balaban J connectivity index is 1.41. The summed E-state index contributed by atoms with van der Waals surface area (Å²) in [5, 5.41) is 2.30. The van der Waals surface area contributed by atoms with Gasteiger partial charge in [-0.2, -0.15) is 4.31 Å². The molecular formula is C21H20N4O4S2. The standard InChI is InChI=1S/C21H20N4O4S2/c26-19(16-9-6-10-17(13-16)31(28,29)25-11-4-5-12-25)23-24-20(27)18-14-30-21(22-18)15-7-2-1-3-8-15/h1-3,6-10,13-14H,4-5,11-12H2,(H,23,26)(H,24,27). The lowest BCUT2D eigenvalue weighted by molar-refractivity contribution is 0.0844. The van der Waals surface area contributed by atoms with Gasteiger partial charge in [0.2, 0.25) is 10.0 Å². The molecule has 8 nitrogen and oxygen atoms in total. The first-order valence-corrected chi connectivity index (χ1v) is 12.0. The lowest BCUT2D eigenvalue weighted by Crippen LogP contribution is -2.41. The van der Waals surface area contributed by atoms with Crippen LogP contribution >= 0.6 is 11.3 Å². The Morgan fingerprint density at radius 3 is 2.39 bits per heavy atom. The van der Waals surface area contributed by atoms with E-state index in [1.54, 1.807) is 5.38 Å². The van der Waals surface area contributed by atoms with Gasteiger partial charge in [0.25, 0.3) is 11.8 Å². The molecule has 0 unspecified atom stereocenters. The smallest absolute Gasteiger partial charge is 0.267 e. The average molecular weight is 457 g/mol. The van der Waals surface area contributed by atoms with Crippen molar-refractivity contribution in [2.75, 3.05) is 13.1 Å². The van der Waals surface area contributed by atoms with Crippen molar-refractivity contribution < 1.29 is 18.0 Å². The minimum atomic E-state index is -3.64. The molecule has 3 aromatic rings. The molecule has 2 aromatic carbocycles. The molecule has 0 atom stereocenters. The topological polar surface area (TPSA) is 108 Å². The highest BCUT2D eigenvalue weighted by atomic mass is 32.2. The number of carbonyl (C=O) groups is 2. The monoisotopic (exact) mass is 456 g/mol. The Morgan fingerprint density at radius 2 is 1.65 bits per heavy atom. The minimum Gasteiger partial charge on any atom is -0.267 e. The SMILES string of the molecule is O=C(NNC(=O)c1csc(-c2ccccc2)n1)c1cccc(S(=O)(=O)N2CCCC2)c1. The van der Waals surface area contributed by atoms with Gasteiger partial charge in [-0.3, -0.25) is 20.4 Å². The number of carbonyl (C=O) groups excluding carboxylic acids is 2. The van der Waals surface area contributed by atoms with E-state index in [0.717, 1.165) is 18.4 Å². The highest BCUT2D eigenvalue weighted by Crippen LogP contribution is 2.23. The Labute approximate surface area is 184 Å². The number of hydrazine groups is 1. The van der Waals surface area contributed by atoms with Crippen molar-refractivity contribution in [3.63, 3.8) is 0 Å². The summed E-state index contributed by atoms with van der Waals surface area (Å²) in [6, 6.07) is 15.2. The molecule has 0 aliphatic carbocycles. The second-order valence-corrected chi connectivity index (χ2v) is 9.75. The van der Waals surface area contributed by atoms with Gasteiger partial charge in [0.15, 0.2) is 0 Å². The summed E-state index contributed by atoms with van der Waals surface area (Å²) in [5.41, 5.74) is 5.83. The summed E-state index contributed by atoms with van der Waals surface area (Å²) < 4.78 is 26.8. The quantitative estimate of drug-likeness (QED) is 0.574. The maximum atomic E-state index is 12.7. The van der Waals surface area contributed by atoms with Gasteiger partial charge in [-0.25, -0.2) is 13.4 Å². The van der Waals surface area contributed by atoms with E-state index in [2.05, 4.69) is 15.8 Å². The minimum absolute atomic E-state index is 0.0559. The summed E-state index contributed by atoms with van der Waals surface area (Å²) in [6.07, 6.45) is 1.65. The zero-order chi connectivity index (χ0) is 21.8. The van der Waals surface area contributed by atoms with Crippen molar-refractivity contribution in [1.29, 1.82) is 0 Å². The number of thiazole rings is 1. The lowest BCUT2D eigenvalue weighted by Gasteiger charge is -2.16. The second kappa shape index (κ2) is 8.96. The highest BCUT2D eigenvalue weighted by Gasteiger charge is 2.27. The van der Waals surface area contributed by atoms with Crippen molar-refractivity contribution in [1.82, 2.24) is 20.1 Å². The van der Waals surface area contributed by atoms with Gasteiger partial charge in [0.1, 0.15) is 10.7 Å². The van der Waals surface area contributed by atoms with Crippen LogP contribution in [-0.2, 0) is 10.0 Å². The summed E-state index contributed by atoms with van der Waals surface area (Å²) in [5.74, 6) is -1.18. The molecule has 1 aromatic heterocycles. The lowest BCUT2D eigenvalue weighted by atomic mass is 10.2. The molecule has 2 amide bonds. The normalized spacial score (nSPS) is 14.3. The molecular weight excluding hydrogens is 436 g/mol. The van der Waals surface area contributed by atoms with Gasteiger partial charge in [-0.05, 0) is 31.0 Å². The summed E-state index contributed by atoms with van der Waals surface area (Å²) in [6.45, 7) is 0.959. The predicted molar refractivity (Wildman–Crippen MR) is 117 cm³/mol. The van der Waals surface area contributed by atoms with Crippen LogP contribution in [0.5, 0.6) is 0 Å². The Hall–Kier alpha value is -3.08. The molecule has 2 N–H and O–H groups in total. The molecule has 1 saturated heterocycles. The number of benzene rings is 2. The molecule has 1 aliphatic heterocycles. The molecule has 0 radical (unpaired) electrons. The van der Waals surface area contributed by atoms with Crippen LogP contribution in [0.15, 0.2) is 64.9 Å². The number of aromatic nitrogens is 1. The van der Waals surface area contributed by atoms with Crippen LogP contribution < -0.4 is 10.9 Å². The molecule has 1 fully saturated rings. The maximum Gasteiger partial charge on any atom is 0.289 e. The van der Waals surface area contributed by atoms with Crippen LogP contribution in [0.25, 0.3) is 10.6 Å². The third-order valence-electron chi connectivity index (χ3n) is 4.85. The molecule has 2 heterocycles. The number of amides is 2. The van der Waals surface area contributed by atoms with E-state index < -0.39 is 21.8 Å². The second-order valence-electron chi connectivity index (χ2n) is 6.95. The fourth-order valence-corrected chi connectivity index (χ4v) is 5.59. The van der Waals surface area contributed by atoms with Gasteiger partial charge < -0.3 is 0 Å². The van der Waals surface area contributed by atoms with E-state index in [1.807, 2.05) is 30.3 Å². The van der Waals surface area contributed by atoms with Crippen LogP contribution in [0.2, 0.25) is 0 Å². The van der Waals surface area contributed by atoms with Crippen molar-refractivity contribution in [3.8, 4) is 10.6 Å². The van der Waals surface area contributed by atoms with Crippen molar-refractivity contribution >= 4 is 33.2 Å². The molecule has 10 heteroatoms. The number of sulfonamides is 1. The Kier molecular flexibility index (Phi) is 6.12. The highest BCUT2D eigenvalue weighted by molar-refractivity contribution is 7.89. The molecule has 0 saturated carbocycles. The fraction of sp³-hybridized carbons (Fsp3) is 0.190. The number of nitrogens with zero attached hydrogens (tertiary/aromatic N) is 2. The number of nitrogens with one attached hydrogen (secondary N) is 2. The zero-order valence-electron chi connectivity index (χ0n) is 16.4. The average Bonchev–Trinajstić information content (AvgIpc) is 3.51. The zero-order valence-corrected chi connectivity index (χ0v) is 18.1. The summed E-state index contributed by atoms with van der Waals surface area (Å²) in [7, 11) is -3.64. The largest absolute Gasteiger partial charge is 0.289 e. The Bertz CT molecular complexity index is 1200. The van der Waals surface area contributed by atoms with E-state index in [-0.39, 0.29) is 16.2 Å². The van der Waals surface area contributed by atoms with Gasteiger partial charge in [0.05, 0.1) is 4.90 Å². The molecule has 160 valence electrons. The van der Waals surface area contributed by atoms with Crippen LogP contribution in [0, 0.1) is 0 Å². The van der Waals surface area contributed by atoms with E-state index in [4.69, 9.17) is 0 Å². The third kappa shape index (κ3) is 4.66. The molecule has 0 bridgehead atoms. The van der Waals surface area contributed by atoms with Crippen molar-refractivity contribution in [3.05, 3.63) is 71.2 Å². The molecule has 4 rings (SSSR count).